The fourth-order valence-corrected chi connectivity index (χ4v) is 3.83. The van der Waals surface area contributed by atoms with Gasteiger partial charge in [0.05, 0.1) is 19.8 Å². The number of methoxy groups -OCH3 is 2. The first-order valence-electron chi connectivity index (χ1n) is 9.15. The number of allylic oxidation sites excluding steroid dienone is 1. The van der Waals surface area contributed by atoms with E-state index in [1.807, 2.05) is 24.3 Å². The monoisotopic (exact) mass is 425 g/mol. The number of nitrogens with two attached hydrogens (primary N) is 1. The highest BCUT2D eigenvalue weighted by molar-refractivity contribution is 6.30. The number of nitrogens with zero attached hydrogens (tertiary/aromatic N) is 3. The summed E-state index contributed by atoms with van der Waals surface area (Å²) in [4.78, 5) is 17.0. The third kappa shape index (κ3) is 3.25. The third-order valence-corrected chi connectivity index (χ3v) is 5.16. The van der Waals surface area contributed by atoms with Gasteiger partial charge in [-0.15, -0.1) is 5.10 Å². The van der Waals surface area contributed by atoms with E-state index in [1.165, 1.54) is 0 Å². The smallest absolute Gasteiger partial charge is 0.248 e. The molecule has 2 aromatic carbocycles. The van der Waals surface area contributed by atoms with Crippen LogP contribution in [-0.2, 0) is 4.79 Å². The first-order valence-corrected chi connectivity index (χ1v) is 9.53. The number of halogens is 1. The van der Waals surface area contributed by atoms with E-state index in [9.17, 15) is 4.79 Å². The van der Waals surface area contributed by atoms with E-state index in [4.69, 9.17) is 26.8 Å². The fourth-order valence-electron chi connectivity index (χ4n) is 3.63. The van der Waals surface area contributed by atoms with Crippen molar-refractivity contribution in [1.82, 2.24) is 14.8 Å². The fraction of sp³-hybridized carbons (Fsp3) is 0.190. The third-order valence-electron chi connectivity index (χ3n) is 4.93. The van der Waals surface area contributed by atoms with Crippen molar-refractivity contribution in [3.63, 3.8) is 0 Å². The summed E-state index contributed by atoms with van der Waals surface area (Å²) < 4.78 is 12.7. The molecular formula is C21H20ClN5O3. The Hall–Kier alpha value is -3.52. The molecule has 2 heterocycles. The van der Waals surface area contributed by atoms with Crippen LogP contribution in [0.1, 0.15) is 18.5 Å². The van der Waals surface area contributed by atoms with E-state index in [0.29, 0.717) is 45.1 Å². The number of amides is 1. The van der Waals surface area contributed by atoms with Gasteiger partial charge >= 0.3 is 0 Å². The molecule has 0 saturated heterocycles. The highest BCUT2D eigenvalue weighted by Gasteiger charge is 2.35. The highest BCUT2D eigenvalue weighted by Crippen LogP contribution is 2.43. The molecule has 3 N–H and O–H groups in total. The second kappa shape index (κ2) is 7.72. The maximum atomic E-state index is 12.4. The molecule has 1 amide bonds. The van der Waals surface area contributed by atoms with Crippen LogP contribution < -0.4 is 20.5 Å². The number of aromatic nitrogens is 3. The number of fused-ring (bicyclic) bond motifs is 1. The van der Waals surface area contributed by atoms with Crippen LogP contribution in [0.15, 0.2) is 53.7 Å². The Kier molecular flexibility index (Phi) is 5.09. The number of carbonyl (C=O) groups excluding carboxylic acids is 1. The van der Waals surface area contributed by atoms with Gasteiger partial charge in [-0.2, -0.15) is 4.98 Å². The lowest BCUT2D eigenvalue weighted by Gasteiger charge is -2.29. The molecule has 4 rings (SSSR count). The summed E-state index contributed by atoms with van der Waals surface area (Å²) in [6.07, 6.45) is 0. The molecule has 9 heteroatoms. The largest absolute Gasteiger partial charge is 0.493 e. The Balaban J connectivity index is 1.94. The van der Waals surface area contributed by atoms with Crippen molar-refractivity contribution in [1.29, 1.82) is 0 Å². The summed E-state index contributed by atoms with van der Waals surface area (Å²) in [5.41, 5.74) is 8.13. The van der Waals surface area contributed by atoms with Crippen LogP contribution in [0.4, 0.5) is 5.95 Å². The van der Waals surface area contributed by atoms with Crippen LogP contribution in [0, 0.1) is 0 Å². The summed E-state index contributed by atoms with van der Waals surface area (Å²) in [6.45, 7) is 1.77. The summed E-state index contributed by atoms with van der Waals surface area (Å²) in [6, 6.07) is 12.0. The summed E-state index contributed by atoms with van der Waals surface area (Å²) in [5, 5.41) is 8.36. The standard InChI is InChI=1S/C21H20ClN5O3/c1-11-16(19(23)28)17(14-8-5-9-15(29-2)18(14)30-3)27-21(24-11)25-20(26-27)12-6-4-7-13(22)10-12/h4-10,17H,1-3H3,(H2,23,28)(H,24,25,26). The number of hydrogen-bond donors (Lipinski definition) is 2. The molecule has 1 aliphatic heterocycles. The molecular weight excluding hydrogens is 406 g/mol. The van der Waals surface area contributed by atoms with Gasteiger partial charge in [0.2, 0.25) is 11.9 Å². The summed E-state index contributed by atoms with van der Waals surface area (Å²) in [5.74, 6) is 1.39. The SMILES string of the molecule is COc1cccc(C2C(C(N)=O)=C(C)Nc3nc(-c4cccc(Cl)c4)nn32)c1OC. The lowest BCUT2D eigenvalue weighted by Crippen LogP contribution is -2.32. The van der Waals surface area contributed by atoms with E-state index < -0.39 is 11.9 Å². The number of para-hydroxylation sites is 1. The van der Waals surface area contributed by atoms with Crippen molar-refractivity contribution >= 4 is 23.5 Å². The summed E-state index contributed by atoms with van der Waals surface area (Å²) >= 11 is 6.13. The Morgan fingerprint density at radius 1 is 1.20 bits per heavy atom. The van der Waals surface area contributed by atoms with Gasteiger partial charge < -0.3 is 20.5 Å². The van der Waals surface area contributed by atoms with Crippen molar-refractivity contribution in [2.75, 3.05) is 19.5 Å². The molecule has 0 spiro atoms. The van der Waals surface area contributed by atoms with E-state index >= 15 is 0 Å². The van der Waals surface area contributed by atoms with E-state index in [1.54, 1.807) is 44.0 Å². The Bertz CT molecular complexity index is 1170. The number of rotatable bonds is 5. The van der Waals surface area contributed by atoms with Crippen LogP contribution >= 0.6 is 11.6 Å². The zero-order valence-corrected chi connectivity index (χ0v) is 17.4. The van der Waals surface area contributed by atoms with Crippen molar-refractivity contribution in [3.05, 3.63) is 64.3 Å². The average Bonchev–Trinajstić information content (AvgIpc) is 3.15. The molecule has 154 valence electrons. The second-order valence-electron chi connectivity index (χ2n) is 6.73. The molecule has 0 radical (unpaired) electrons. The van der Waals surface area contributed by atoms with Gasteiger partial charge in [0, 0.05) is 21.8 Å². The first-order chi connectivity index (χ1) is 14.4. The number of carbonyl (C=O) groups is 1. The van der Waals surface area contributed by atoms with Crippen LogP contribution in [0.5, 0.6) is 11.5 Å². The maximum Gasteiger partial charge on any atom is 0.248 e. The van der Waals surface area contributed by atoms with Crippen molar-refractivity contribution in [3.8, 4) is 22.9 Å². The second-order valence-corrected chi connectivity index (χ2v) is 7.16. The molecule has 1 aliphatic rings. The molecule has 1 aromatic heterocycles. The van der Waals surface area contributed by atoms with Gasteiger partial charge in [-0.05, 0) is 25.1 Å². The normalized spacial score (nSPS) is 15.4. The Morgan fingerprint density at radius 2 is 1.97 bits per heavy atom. The number of anilines is 1. The summed E-state index contributed by atoms with van der Waals surface area (Å²) in [7, 11) is 3.10. The van der Waals surface area contributed by atoms with Crippen molar-refractivity contribution < 1.29 is 14.3 Å². The minimum atomic E-state index is -0.649. The zero-order chi connectivity index (χ0) is 21.4. The maximum absolute atomic E-state index is 12.4. The van der Waals surface area contributed by atoms with Crippen LogP contribution in [0.25, 0.3) is 11.4 Å². The number of hydrogen-bond acceptors (Lipinski definition) is 6. The number of primary amides is 1. The highest BCUT2D eigenvalue weighted by atomic mass is 35.5. The zero-order valence-electron chi connectivity index (χ0n) is 16.6. The lowest BCUT2D eigenvalue weighted by atomic mass is 9.94. The van der Waals surface area contributed by atoms with Gasteiger partial charge in [-0.1, -0.05) is 35.9 Å². The predicted octanol–water partition coefficient (Wildman–Crippen LogP) is 3.39. The molecule has 3 aromatic rings. The predicted molar refractivity (Wildman–Crippen MR) is 114 cm³/mol. The molecule has 1 atom stereocenters. The van der Waals surface area contributed by atoms with E-state index in [0.717, 1.165) is 5.56 Å². The minimum Gasteiger partial charge on any atom is -0.493 e. The van der Waals surface area contributed by atoms with Crippen LogP contribution in [-0.4, -0.2) is 34.9 Å². The van der Waals surface area contributed by atoms with E-state index in [-0.39, 0.29) is 0 Å². The van der Waals surface area contributed by atoms with Gasteiger partial charge in [0.15, 0.2) is 17.3 Å². The van der Waals surface area contributed by atoms with E-state index in [2.05, 4.69) is 15.4 Å². The topological polar surface area (TPSA) is 104 Å². The number of nitrogens with one attached hydrogen (secondary N) is 1. The molecule has 8 nitrogen and oxygen atoms in total. The molecule has 0 bridgehead atoms. The van der Waals surface area contributed by atoms with Crippen LogP contribution in [0.2, 0.25) is 5.02 Å². The van der Waals surface area contributed by atoms with Gasteiger partial charge in [-0.25, -0.2) is 4.68 Å². The molecule has 0 fully saturated rings. The first kappa shape index (κ1) is 19.8. The lowest BCUT2D eigenvalue weighted by molar-refractivity contribution is -0.115. The van der Waals surface area contributed by atoms with Gasteiger partial charge in [0.25, 0.3) is 0 Å². The van der Waals surface area contributed by atoms with Gasteiger partial charge in [-0.3, -0.25) is 4.79 Å². The molecule has 0 saturated carbocycles. The molecule has 1 unspecified atom stereocenters. The quantitative estimate of drug-likeness (QED) is 0.649. The minimum absolute atomic E-state index is 0.358. The molecule has 0 aliphatic carbocycles. The number of benzene rings is 2. The number of ether oxygens (including phenoxy) is 2. The Labute approximate surface area is 178 Å². The average molecular weight is 426 g/mol. The van der Waals surface area contributed by atoms with Gasteiger partial charge in [0.1, 0.15) is 6.04 Å². The van der Waals surface area contributed by atoms with Crippen LogP contribution in [0.3, 0.4) is 0 Å². The molecule has 30 heavy (non-hydrogen) atoms. The Morgan fingerprint density at radius 3 is 2.63 bits per heavy atom. The van der Waals surface area contributed by atoms with Crippen molar-refractivity contribution in [2.24, 2.45) is 5.73 Å². The van der Waals surface area contributed by atoms with Crippen molar-refractivity contribution in [2.45, 2.75) is 13.0 Å².